The van der Waals surface area contributed by atoms with Crippen LogP contribution in [-0.2, 0) is 16.0 Å². The van der Waals surface area contributed by atoms with E-state index < -0.39 is 11.9 Å². The minimum absolute atomic E-state index is 0.127. The van der Waals surface area contributed by atoms with Crippen molar-refractivity contribution in [3.8, 4) is 11.5 Å². The summed E-state index contributed by atoms with van der Waals surface area (Å²) < 4.78 is 10.9. The van der Waals surface area contributed by atoms with Gasteiger partial charge in [-0.25, -0.2) is 0 Å². The second-order valence-electron chi connectivity index (χ2n) is 6.36. The lowest BCUT2D eigenvalue weighted by atomic mass is 9.95. The van der Waals surface area contributed by atoms with Gasteiger partial charge in [0.15, 0.2) is 0 Å². The first-order chi connectivity index (χ1) is 12.5. The van der Waals surface area contributed by atoms with E-state index in [-0.39, 0.29) is 11.8 Å². The summed E-state index contributed by atoms with van der Waals surface area (Å²) in [5.74, 6) is -0.378. The Morgan fingerprint density at radius 1 is 1.23 bits per heavy atom. The normalized spacial score (nSPS) is 16.8. The molecule has 1 amide bonds. The smallest absolute Gasteiger partial charge is 0.310 e. The van der Waals surface area contributed by atoms with Crippen molar-refractivity contribution >= 4 is 17.6 Å². The highest BCUT2D eigenvalue weighted by Gasteiger charge is 2.26. The molecule has 2 N–H and O–H groups in total. The standard InChI is InChI=1S/C20H21NO5/c1-12(20(23)24)13-3-5-16(6-4-13)21-19(22)15-9-14-10-17(25-2)7-8-18(14)26-11-15/h3-8,10,12,15H,9,11H2,1-2H3,(H,21,22)(H,23,24). The Hall–Kier alpha value is -3.02. The van der Waals surface area contributed by atoms with Crippen LogP contribution < -0.4 is 14.8 Å². The van der Waals surface area contributed by atoms with Gasteiger partial charge in [-0.15, -0.1) is 0 Å². The molecule has 26 heavy (non-hydrogen) atoms. The minimum atomic E-state index is -0.879. The molecule has 0 fully saturated rings. The first-order valence-corrected chi connectivity index (χ1v) is 8.41. The van der Waals surface area contributed by atoms with Gasteiger partial charge in [0.2, 0.25) is 5.91 Å². The number of fused-ring (bicyclic) bond motifs is 1. The maximum absolute atomic E-state index is 12.5. The van der Waals surface area contributed by atoms with Crippen molar-refractivity contribution in [2.24, 2.45) is 5.92 Å². The van der Waals surface area contributed by atoms with Crippen molar-refractivity contribution in [1.82, 2.24) is 0 Å². The van der Waals surface area contributed by atoms with Crippen molar-refractivity contribution in [1.29, 1.82) is 0 Å². The summed E-state index contributed by atoms with van der Waals surface area (Å²) >= 11 is 0. The predicted octanol–water partition coefficient (Wildman–Crippen LogP) is 3.07. The van der Waals surface area contributed by atoms with Gasteiger partial charge in [0.25, 0.3) is 0 Å². The van der Waals surface area contributed by atoms with Crippen LogP contribution in [0.2, 0.25) is 0 Å². The predicted molar refractivity (Wildman–Crippen MR) is 96.8 cm³/mol. The number of carboxylic acids is 1. The van der Waals surface area contributed by atoms with Crippen molar-refractivity contribution in [3.05, 3.63) is 53.6 Å². The first kappa shape index (κ1) is 17.8. The Morgan fingerprint density at radius 3 is 2.62 bits per heavy atom. The Labute approximate surface area is 151 Å². The fourth-order valence-corrected chi connectivity index (χ4v) is 2.91. The molecule has 1 heterocycles. The van der Waals surface area contributed by atoms with Crippen LogP contribution in [-0.4, -0.2) is 30.7 Å². The number of carbonyl (C=O) groups excluding carboxylic acids is 1. The number of benzene rings is 2. The second-order valence-corrected chi connectivity index (χ2v) is 6.36. The van der Waals surface area contributed by atoms with Gasteiger partial charge in [0.05, 0.1) is 18.9 Å². The van der Waals surface area contributed by atoms with Crippen molar-refractivity contribution in [3.63, 3.8) is 0 Å². The number of carbonyl (C=O) groups is 2. The molecule has 2 aromatic carbocycles. The van der Waals surface area contributed by atoms with Gasteiger partial charge in [-0.1, -0.05) is 12.1 Å². The van der Waals surface area contributed by atoms with Crippen LogP contribution in [0.5, 0.6) is 11.5 Å². The minimum Gasteiger partial charge on any atom is -0.497 e. The van der Waals surface area contributed by atoms with Gasteiger partial charge in [-0.05, 0) is 54.8 Å². The van der Waals surface area contributed by atoms with Gasteiger partial charge < -0.3 is 19.9 Å². The molecule has 136 valence electrons. The molecule has 3 rings (SSSR count). The molecule has 6 nitrogen and oxygen atoms in total. The van der Waals surface area contributed by atoms with E-state index in [1.807, 2.05) is 18.2 Å². The Morgan fingerprint density at radius 2 is 1.96 bits per heavy atom. The highest BCUT2D eigenvalue weighted by atomic mass is 16.5. The number of aliphatic carboxylic acids is 1. The van der Waals surface area contributed by atoms with Crippen LogP contribution in [0.25, 0.3) is 0 Å². The molecular formula is C20H21NO5. The summed E-state index contributed by atoms with van der Waals surface area (Å²) in [6.45, 7) is 1.94. The van der Waals surface area contributed by atoms with Crippen LogP contribution in [0.4, 0.5) is 5.69 Å². The topological polar surface area (TPSA) is 84.9 Å². The lowest BCUT2D eigenvalue weighted by Crippen LogP contribution is -2.32. The SMILES string of the molecule is COc1ccc2c(c1)CC(C(=O)Nc1ccc(C(C)C(=O)O)cc1)CO2. The molecule has 0 aromatic heterocycles. The maximum atomic E-state index is 12.5. The molecule has 1 aliphatic heterocycles. The molecule has 6 heteroatoms. The van der Waals surface area contributed by atoms with E-state index in [0.717, 1.165) is 17.1 Å². The van der Waals surface area contributed by atoms with E-state index in [1.54, 1.807) is 38.3 Å². The fourth-order valence-electron chi connectivity index (χ4n) is 2.91. The van der Waals surface area contributed by atoms with Crippen molar-refractivity contribution < 1.29 is 24.2 Å². The number of hydrogen-bond donors (Lipinski definition) is 2. The van der Waals surface area contributed by atoms with Gasteiger partial charge >= 0.3 is 5.97 Å². The number of rotatable bonds is 5. The van der Waals surface area contributed by atoms with Crippen LogP contribution in [0.15, 0.2) is 42.5 Å². The quantitative estimate of drug-likeness (QED) is 0.861. The fraction of sp³-hybridized carbons (Fsp3) is 0.300. The van der Waals surface area contributed by atoms with Gasteiger partial charge in [0.1, 0.15) is 18.1 Å². The van der Waals surface area contributed by atoms with E-state index in [1.165, 1.54) is 0 Å². The molecule has 2 atom stereocenters. The lowest BCUT2D eigenvalue weighted by molar-refractivity contribution is -0.138. The number of carboxylic acid groups (broad SMARTS) is 1. The molecular weight excluding hydrogens is 334 g/mol. The monoisotopic (exact) mass is 355 g/mol. The third kappa shape index (κ3) is 3.79. The second kappa shape index (κ2) is 7.47. The average Bonchev–Trinajstić information content (AvgIpc) is 2.66. The van der Waals surface area contributed by atoms with E-state index in [2.05, 4.69) is 5.32 Å². The number of anilines is 1. The van der Waals surface area contributed by atoms with Gasteiger partial charge in [0, 0.05) is 5.69 Å². The molecule has 0 bridgehead atoms. The first-order valence-electron chi connectivity index (χ1n) is 8.41. The van der Waals surface area contributed by atoms with Gasteiger partial charge in [-0.3, -0.25) is 9.59 Å². The number of amides is 1. The average molecular weight is 355 g/mol. The number of nitrogens with one attached hydrogen (secondary N) is 1. The number of methoxy groups -OCH3 is 1. The summed E-state index contributed by atoms with van der Waals surface area (Å²) in [7, 11) is 1.60. The summed E-state index contributed by atoms with van der Waals surface area (Å²) in [5, 5.41) is 11.9. The van der Waals surface area contributed by atoms with E-state index >= 15 is 0 Å². The zero-order valence-corrected chi connectivity index (χ0v) is 14.7. The maximum Gasteiger partial charge on any atom is 0.310 e. The van der Waals surface area contributed by atoms with Crippen molar-refractivity contribution in [2.75, 3.05) is 19.0 Å². The third-order valence-electron chi connectivity index (χ3n) is 4.59. The summed E-state index contributed by atoms with van der Waals surface area (Å²) in [6, 6.07) is 12.4. The Kier molecular flexibility index (Phi) is 5.11. The summed E-state index contributed by atoms with van der Waals surface area (Å²) in [6.07, 6.45) is 0.576. The molecule has 2 unspecified atom stereocenters. The number of hydrogen-bond acceptors (Lipinski definition) is 4. The van der Waals surface area contributed by atoms with Crippen LogP contribution >= 0.6 is 0 Å². The summed E-state index contributed by atoms with van der Waals surface area (Å²) in [5.41, 5.74) is 2.27. The largest absolute Gasteiger partial charge is 0.497 e. The summed E-state index contributed by atoms with van der Waals surface area (Å²) in [4.78, 5) is 23.6. The highest BCUT2D eigenvalue weighted by Crippen LogP contribution is 2.31. The Bertz CT molecular complexity index is 815. The number of ether oxygens (including phenoxy) is 2. The molecule has 1 aliphatic rings. The molecule has 2 aromatic rings. The molecule has 0 spiro atoms. The molecule has 0 aliphatic carbocycles. The van der Waals surface area contributed by atoms with Crippen LogP contribution in [0, 0.1) is 5.92 Å². The van der Waals surface area contributed by atoms with E-state index in [4.69, 9.17) is 14.6 Å². The highest BCUT2D eigenvalue weighted by molar-refractivity contribution is 5.93. The van der Waals surface area contributed by atoms with E-state index in [0.29, 0.717) is 24.3 Å². The van der Waals surface area contributed by atoms with Crippen LogP contribution in [0.3, 0.4) is 0 Å². The van der Waals surface area contributed by atoms with Gasteiger partial charge in [-0.2, -0.15) is 0 Å². The molecule has 0 radical (unpaired) electrons. The van der Waals surface area contributed by atoms with Crippen molar-refractivity contribution in [2.45, 2.75) is 19.3 Å². The molecule has 0 saturated heterocycles. The zero-order valence-electron chi connectivity index (χ0n) is 14.7. The van der Waals surface area contributed by atoms with E-state index in [9.17, 15) is 9.59 Å². The third-order valence-corrected chi connectivity index (χ3v) is 4.59. The Balaban J connectivity index is 1.66. The van der Waals surface area contributed by atoms with Crippen LogP contribution in [0.1, 0.15) is 24.0 Å². The zero-order chi connectivity index (χ0) is 18.7. The molecule has 0 saturated carbocycles. The lowest BCUT2D eigenvalue weighted by Gasteiger charge is -2.25.